The molecule has 0 amide bonds. The molecule has 1 aromatic rings. The Kier molecular flexibility index (Phi) is 3.99. The SMILES string of the molecule is COc1ccc([N+](=O)[O-])c(OC[C@@H]2CCCN2)c1. The first-order valence-electron chi connectivity index (χ1n) is 5.89. The number of nitrogens with zero attached hydrogens (tertiary/aromatic N) is 1. The first-order valence-corrected chi connectivity index (χ1v) is 5.89. The Hall–Kier alpha value is -1.82. The van der Waals surface area contributed by atoms with Gasteiger partial charge in [-0.3, -0.25) is 10.1 Å². The van der Waals surface area contributed by atoms with Crippen LogP contribution in [0, 0.1) is 10.1 Å². The van der Waals surface area contributed by atoms with E-state index in [0.29, 0.717) is 12.4 Å². The molecule has 0 bridgehead atoms. The second-order valence-electron chi connectivity index (χ2n) is 4.20. The zero-order valence-corrected chi connectivity index (χ0v) is 10.2. The minimum Gasteiger partial charge on any atom is -0.497 e. The Bertz CT molecular complexity index is 430. The average Bonchev–Trinajstić information content (AvgIpc) is 2.88. The van der Waals surface area contributed by atoms with Gasteiger partial charge in [0.05, 0.1) is 12.0 Å². The van der Waals surface area contributed by atoms with E-state index >= 15 is 0 Å². The van der Waals surface area contributed by atoms with Gasteiger partial charge >= 0.3 is 5.69 Å². The molecule has 2 rings (SSSR count). The highest BCUT2D eigenvalue weighted by Crippen LogP contribution is 2.31. The fourth-order valence-electron chi connectivity index (χ4n) is 1.98. The van der Waals surface area contributed by atoms with Crippen molar-refractivity contribution in [2.75, 3.05) is 20.3 Å². The second kappa shape index (κ2) is 5.68. The van der Waals surface area contributed by atoms with Gasteiger partial charge in [-0.1, -0.05) is 0 Å². The molecule has 6 heteroatoms. The lowest BCUT2D eigenvalue weighted by atomic mass is 10.2. The molecule has 1 aliphatic rings. The number of ether oxygens (including phenoxy) is 2. The molecule has 0 aliphatic carbocycles. The number of rotatable bonds is 5. The molecule has 1 heterocycles. The fraction of sp³-hybridized carbons (Fsp3) is 0.500. The number of nitrogens with one attached hydrogen (secondary N) is 1. The molecule has 1 N–H and O–H groups in total. The van der Waals surface area contributed by atoms with E-state index in [1.54, 1.807) is 12.1 Å². The zero-order chi connectivity index (χ0) is 13.0. The summed E-state index contributed by atoms with van der Waals surface area (Å²) >= 11 is 0. The van der Waals surface area contributed by atoms with E-state index < -0.39 is 4.92 Å². The van der Waals surface area contributed by atoms with E-state index in [0.717, 1.165) is 19.4 Å². The Morgan fingerprint density at radius 2 is 2.39 bits per heavy atom. The topological polar surface area (TPSA) is 73.6 Å². The largest absolute Gasteiger partial charge is 0.497 e. The Balaban J connectivity index is 2.10. The van der Waals surface area contributed by atoms with Crippen molar-refractivity contribution < 1.29 is 14.4 Å². The maximum atomic E-state index is 10.9. The second-order valence-corrected chi connectivity index (χ2v) is 4.20. The van der Waals surface area contributed by atoms with Crippen LogP contribution < -0.4 is 14.8 Å². The van der Waals surface area contributed by atoms with Crippen molar-refractivity contribution >= 4 is 5.69 Å². The van der Waals surface area contributed by atoms with Crippen LogP contribution in [-0.2, 0) is 0 Å². The number of nitro groups is 1. The van der Waals surface area contributed by atoms with Gasteiger partial charge in [0.2, 0.25) is 5.75 Å². The van der Waals surface area contributed by atoms with Gasteiger partial charge in [-0.15, -0.1) is 0 Å². The Morgan fingerprint density at radius 3 is 3.00 bits per heavy atom. The number of hydrogen-bond donors (Lipinski definition) is 1. The quantitative estimate of drug-likeness (QED) is 0.638. The predicted octanol–water partition coefficient (Wildman–Crippen LogP) is 1.73. The molecule has 18 heavy (non-hydrogen) atoms. The first-order chi connectivity index (χ1) is 8.70. The Labute approximate surface area is 105 Å². The summed E-state index contributed by atoms with van der Waals surface area (Å²) in [5.41, 5.74) is -0.0335. The van der Waals surface area contributed by atoms with Crippen LogP contribution in [0.5, 0.6) is 11.5 Å². The number of methoxy groups -OCH3 is 1. The maximum Gasteiger partial charge on any atom is 0.311 e. The van der Waals surface area contributed by atoms with Crippen LogP contribution in [0.3, 0.4) is 0 Å². The average molecular weight is 252 g/mol. The standard InChI is InChI=1S/C12H16N2O4/c1-17-10-4-5-11(14(15)16)12(7-10)18-8-9-3-2-6-13-9/h4-5,7,9,13H,2-3,6,8H2,1H3/t9-/m0/s1. The molecule has 0 unspecified atom stereocenters. The van der Waals surface area contributed by atoms with Crippen LogP contribution >= 0.6 is 0 Å². The summed E-state index contributed by atoms with van der Waals surface area (Å²) in [7, 11) is 1.52. The van der Waals surface area contributed by atoms with Gasteiger partial charge in [0.1, 0.15) is 12.4 Å². The third-order valence-electron chi connectivity index (χ3n) is 2.97. The lowest BCUT2D eigenvalue weighted by Gasteiger charge is -2.12. The monoisotopic (exact) mass is 252 g/mol. The fourth-order valence-corrected chi connectivity index (χ4v) is 1.98. The van der Waals surface area contributed by atoms with Gasteiger partial charge < -0.3 is 14.8 Å². The highest BCUT2D eigenvalue weighted by molar-refractivity contribution is 5.50. The first kappa shape index (κ1) is 12.6. The molecule has 0 saturated carbocycles. The summed E-state index contributed by atoms with van der Waals surface area (Å²) in [6.07, 6.45) is 2.16. The van der Waals surface area contributed by atoms with E-state index in [4.69, 9.17) is 9.47 Å². The van der Waals surface area contributed by atoms with E-state index in [1.807, 2.05) is 0 Å². The van der Waals surface area contributed by atoms with Crippen molar-refractivity contribution in [1.29, 1.82) is 0 Å². The van der Waals surface area contributed by atoms with Crippen LogP contribution in [0.25, 0.3) is 0 Å². The van der Waals surface area contributed by atoms with Gasteiger partial charge in [0.15, 0.2) is 0 Å². The molecule has 6 nitrogen and oxygen atoms in total. The summed E-state index contributed by atoms with van der Waals surface area (Å²) in [5, 5.41) is 14.2. The van der Waals surface area contributed by atoms with Gasteiger partial charge in [-0.2, -0.15) is 0 Å². The third kappa shape index (κ3) is 2.89. The van der Waals surface area contributed by atoms with Crippen LogP contribution in [0.15, 0.2) is 18.2 Å². The lowest BCUT2D eigenvalue weighted by Crippen LogP contribution is -2.28. The van der Waals surface area contributed by atoms with Crippen LogP contribution in [-0.4, -0.2) is 31.2 Å². The minimum atomic E-state index is -0.448. The smallest absolute Gasteiger partial charge is 0.311 e. The molecule has 1 atom stereocenters. The van der Waals surface area contributed by atoms with E-state index in [2.05, 4.69) is 5.32 Å². The van der Waals surface area contributed by atoms with Crippen LogP contribution in [0.2, 0.25) is 0 Å². The molecular weight excluding hydrogens is 236 g/mol. The zero-order valence-electron chi connectivity index (χ0n) is 10.2. The van der Waals surface area contributed by atoms with Crippen molar-refractivity contribution in [3.63, 3.8) is 0 Å². The molecule has 0 spiro atoms. The predicted molar refractivity (Wildman–Crippen MR) is 66.2 cm³/mol. The van der Waals surface area contributed by atoms with Crippen molar-refractivity contribution in [2.45, 2.75) is 18.9 Å². The summed E-state index contributed by atoms with van der Waals surface area (Å²) in [6, 6.07) is 4.78. The van der Waals surface area contributed by atoms with Crippen molar-refractivity contribution in [3.8, 4) is 11.5 Å². The molecule has 1 aliphatic heterocycles. The summed E-state index contributed by atoms with van der Waals surface area (Å²) in [6.45, 7) is 1.42. The molecule has 0 aromatic heterocycles. The minimum absolute atomic E-state index is 0.0335. The highest BCUT2D eigenvalue weighted by atomic mass is 16.6. The third-order valence-corrected chi connectivity index (χ3v) is 2.97. The lowest BCUT2D eigenvalue weighted by molar-refractivity contribution is -0.385. The molecule has 1 aromatic carbocycles. The normalized spacial score (nSPS) is 18.6. The van der Waals surface area contributed by atoms with E-state index in [9.17, 15) is 10.1 Å². The van der Waals surface area contributed by atoms with Crippen LogP contribution in [0.4, 0.5) is 5.69 Å². The van der Waals surface area contributed by atoms with Crippen molar-refractivity contribution in [2.24, 2.45) is 0 Å². The maximum absolute atomic E-state index is 10.9. The van der Waals surface area contributed by atoms with Crippen LogP contribution in [0.1, 0.15) is 12.8 Å². The van der Waals surface area contributed by atoms with Gasteiger partial charge in [0.25, 0.3) is 0 Å². The Morgan fingerprint density at radius 1 is 1.56 bits per heavy atom. The summed E-state index contributed by atoms with van der Waals surface area (Å²) in [4.78, 5) is 10.4. The van der Waals surface area contributed by atoms with Crippen molar-refractivity contribution in [1.82, 2.24) is 5.32 Å². The van der Waals surface area contributed by atoms with Crippen molar-refractivity contribution in [3.05, 3.63) is 28.3 Å². The number of hydrogen-bond acceptors (Lipinski definition) is 5. The number of nitro benzene ring substituents is 1. The van der Waals surface area contributed by atoms with Gasteiger partial charge in [0, 0.05) is 18.2 Å². The van der Waals surface area contributed by atoms with E-state index in [1.165, 1.54) is 13.2 Å². The van der Waals surface area contributed by atoms with Gasteiger partial charge in [-0.05, 0) is 25.5 Å². The highest BCUT2D eigenvalue weighted by Gasteiger charge is 2.19. The molecule has 0 radical (unpaired) electrons. The van der Waals surface area contributed by atoms with E-state index in [-0.39, 0.29) is 17.5 Å². The van der Waals surface area contributed by atoms with Gasteiger partial charge in [-0.25, -0.2) is 0 Å². The molecule has 1 fully saturated rings. The number of benzene rings is 1. The summed E-state index contributed by atoms with van der Waals surface area (Å²) in [5.74, 6) is 0.808. The molecule has 98 valence electrons. The summed E-state index contributed by atoms with van der Waals surface area (Å²) < 4.78 is 10.6. The molecular formula is C12H16N2O4. The molecule has 1 saturated heterocycles.